The lowest BCUT2D eigenvalue weighted by Crippen LogP contribution is -2.55. The Morgan fingerprint density at radius 2 is 1.66 bits per heavy atom. The van der Waals surface area contributed by atoms with Crippen LogP contribution in [-0.2, 0) is 27.2 Å². The number of hydrogen-bond acceptors (Lipinski definition) is 6. The van der Waals surface area contributed by atoms with E-state index in [1.165, 1.54) is 12.1 Å². The van der Waals surface area contributed by atoms with Crippen LogP contribution in [0.3, 0.4) is 0 Å². The molecular weight excluding hydrogens is 416 g/mol. The standard InChI is InChI=1S/C22H24N4O6/c23-16(9-12-5-7-14(27)8-6-12)19(28)25-18(20(29)26-21(30)22(31)32)10-13-11-24-17-4-2-1-3-15(13)17/h1-8,11,16,18,21,24,27,30H,9-10,23H2,(H,25,28)(H,26,29)(H,31,32)/t16-,18+,21?/m1/s1. The van der Waals surface area contributed by atoms with Crippen LogP contribution in [0, 0.1) is 0 Å². The van der Waals surface area contributed by atoms with E-state index >= 15 is 0 Å². The predicted molar refractivity (Wildman–Crippen MR) is 116 cm³/mol. The summed E-state index contributed by atoms with van der Waals surface area (Å²) >= 11 is 0. The SMILES string of the molecule is N[C@H](Cc1ccc(O)cc1)C(=O)N[C@@H](Cc1c[nH]c2ccccc12)C(=O)NC(O)C(=O)O. The number of H-pyrrole nitrogens is 1. The minimum Gasteiger partial charge on any atom is -0.508 e. The zero-order valence-electron chi connectivity index (χ0n) is 17.0. The molecule has 3 rings (SSSR count). The Balaban J connectivity index is 1.76. The zero-order chi connectivity index (χ0) is 23.3. The third kappa shape index (κ3) is 5.62. The molecule has 2 amide bonds. The summed E-state index contributed by atoms with van der Waals surface area (Å²) in [7, 11) is 0. The molecule has 0 aliphatic heterocycles. The molecule has 3 atom stereocenters. The third-order valence-corrected chi connectivity index (χ3v) is 4.97. The van der Waals surface area contributed by atoms with Crippen molar-refractivity contribution in [2.45, 2.75) is 31.2 Å². The highest BCUT2D eigenvalue weighted by molar-refractivity contribution is 5.92. The van der Waals surface area contributed by atoms with Crippen LogP contribution in [0.15, 0.2) is 54.7 Å². The summed E-state index contributed by atoms with van der Waals surface area (Å²) in [5.41, 5.74) is 8.26. The number of benzene rings is 2. The largest absolute Gasteiger partial charge is 0.508 e. The number of aromatic nitrogens is 1. The Morgan fingerprint density at radius 1 is 0.969 bits per heavy atom. The van der Waals surface area contributed by atoms with Crippen molar-refractivity contribution in [2.75, 3.05) is 0 Å². The van der Waals surface area contributed by atoms with Gasteiger partial charge in [-0.05, 0) is 35.7 Å². The van der Waals surface area contributed by atoms with Crippen molar-refractivity contribution in [3.8, 4) is 5.75 Å². The van der Waals surface area contributed by atoms with Gasteiger partial charge < -0.3 is 36.7 Å². The molecule has 0 aliphatic carbocycles. The van der Waals surface area contributed by atoms with Crippen LogP contribution in [0.1, 0.15) is 11.1 Å². The molecule has 0 fully saturated rings. The molecule has 168 valence electrons. The van der Waals surface area contributed by atoms with Gasteiger partial charge >= 0.3 is 5.97 Å². The van der Waals surface area contributed by atoms with E-state index in [2.05, 4.69) is 10.3 Å². The number of aromatic amines is 1. The Labute approximate surface area is 183 Å². The summed E-state index contributed by atoms with van der Waals surface area (Å²) in [5, 5.41) is 33.1. The molecular formula is C22H24N4O6. The number of para-hydroxylation sites is 1. The van der Waals surface area contributed by atoms with Crippen LogP contribution in [0.4, 0.5) is 0 Å². The highest BCUT2D eigenvalue weighted by atomic mass is 16.4. The lowest BCUT2D eigenvalue weighted by Gasteiger charge is -2.21. The molecule has 3 aromatic rings. The van der Waals surface area contributed by atoms with E-state index in [1.807, 2.05) is 29.6 Å². The van der Waals surface area contributed by atoms with Crippen molar-refractivity contribution in [3.05, 3.63) is 65.9 Å². The number of fused-ring (bicyclic) bond motifs is 1. The minimum atomic E-state index is -2.12. The number of rotatable bonds is 9. The number of nitrogens with two attached hydrogens (primary N) is 1. The van der Waals surface area contributed by atoms with Crippen LogP contribution < -0.4 is 16.4 Å². The van der Waals surface area contributed by atoms with Crippen molar-refractivity contribution in [3.63, 3.8) is 0 Å². The molecule has 0 saturated carbocycles. The first-order chi connectivity index (χ1) is 15.2. The Bertz CT molecular complexity index is 1110. The lowest BCUT2D eigenvalue weighted by molar-refractivity contribution is -0.151. The lowest BCUT2D eigenvalue weighted by atomic mass is 10.0. The summed E-state index contributed by atoms with van der Waals surface area (Å²) in [4.78, 5) is 39.3. The highest BCUT2D eigenvalue weighted by Gasteiger charge is 2.28. The van der Waals surface area contributed by atoms with E-state index in [4.69, 9.17) is 10.8 Å². The number of carboxylic acids is 1. The molecule has 32 heavy (non-hydrogen) atoms. The van der Waals surface area contributed by atoms with E-state index in [0.717, 1.165) is 16.5 Å². The molecule has 0 spiro atoms. The summed E-state index contributed by atoms with van der Waals surface area (Å²) in [6, 6.07) is 11.4. The molecule has 10 heteroatoms. The molecule has 10 nitrogen and oxygen atoms in total. The summed E-state index contributed by atoms with van der Waals surface area (Å²) in [6.07, 6.45) is -0.220. The van der Waals surface area contributed by atoms with Crippen molar-refractivity contribution >= 4 is 28.7 Å². The third-order valence-electron chi connectivity index (χ3n) is 4.97. The maximum atomic E-state index is 12.7. The fourth-order valence-electron chi connectivity index (χ4n) is 3.28. The maximum absolute atomic E-state index is 12.7. The van der Waals surface area contributed by atoms with Crippen LogP contribution >= 0.6 is 0 Å². The Morgan fingerprint density at radius 3 is 2.34 bits per heavy atom. The second-order valence-electron chi connectivity index (χ2n) is 7.35. The van der Waals surface area contributed by atoms with E-state index in [1.54, 1.807) is 18.3 Å². The molecule has 0 saturated heterocycles. The number of aliphatic hydroxyl groups is 1. The van der Waals surface area contributed by atoms with Crippen LogP contribution in [-0.4, -0.2) is 56.4 Å². The number of carboxylic acid groups (broad SMARTS) is 1. The van der Waals surface area contributed by atoms with E-state index in [0.29, 0.717) is 5.56 Å². The van der Waals surface area contributed by atoms with Gasteiger partial charge in [0.2, 0.25) is 18.0 Å². The van der Waals surface area contributed by atoms with Gasteiger partial charge in [-0.2, -0.15) is 0 Å². The van der Waals surface area contributed by atoms with Crippen molar-refractivity contribution < 1.29 is 29.7 Å². The first kappa shape index (κ1) is 22.8. The molecule has 1 aromatic heterocycles. The van der Waals surface area contributed by atoms with Crippen molar-refractivity contribution in [1.29, 1.82) is 0 Å². The molecule has 2 aromatic carbocycles. The Kier molecular flexibility index (Phi) is 7.08. The van der Waals surface area contributed by atoms with Crippen LogP contribution in [0.5, 0.6) is 5.75 Å². The van der Waals surface area contributed by atoms with E-state index < -0.39 is 36.1 Å². The molecule has 0 bridgehead atoms. The van der Waals surface area contributed by atoms with Crippen molar-refractivity contribution in [1.82, 2.24) is 15.6 Å². The van der Waals surface area contributed by atoms with Gasteiger partial charge in [-0.15, -0.1) is 0 Å². The molecule has 1 unspecified atom stereocenters. The number of hydrogen-bond donors (Lipinski definition) is 7. The number of nitrogens with one attached hydrogen (secondary N) is 3. The monoisotopic (exact) mass is 440 g/mol. The first-order valence-electron chi connectivity index (χ1n) is 9.84. The van der Waals surface area contributed by atoms with Gasteiger partial charge in [0.05, 0.1) is 6.04 Å². The normalized spacial score (nSPS) is 13.8. The van der Waals surface area contributed by atoms with Gasteiger partial charge in [-0.1, -0.05) is 30.3 Å². The number of phenolic OH excluding ortho intramolecular Hbond substituents is 1. The second kappa shape index (κ2) is 9.94. The van der Waals surface area contributed by atoms with Gasteiger partial charge in [0.15, 0.2) is 0 Å². The number of amides is 2. The number of carbonyl (C=O) groups is 3. The summed E-state index contributed by atoms with van der Waals surface area (Å²) in [6.45, 7) is 0. The van der Waals surface area contributed by atoms with Crippen LogP contribution in [0.2, 0.25) is 0 Å². The second-order valence-corrected chi connectivity index (χ2v) is 7.35. The smallest absolute Gasteiger partial charge is 0.353 e. The quantitative estimate of drug-likeness (QED) is 0.229. The number of phenols is 1. The van der Waals surface area contributed by atoms with Gasteiger partial charge in [0.25, 0.3) is 0 Å². The first-order valence-corrected chi connectivity index (χ1v) is 9.84. The zero-order valence-corrected chi connectivity index (χ0v) is 17.0. The predicted octanol–water partition coefficient (Wildman–Crippen LogP) is -0.0100. The van der Waals surface area contributed by atoms with Gasteiger partial charge in [0, 0.05) is 23.5 Å². The molecule has 1 heterocycles. The van der Waals surface area contributed by atoms with E-state index in [9.17, 15) is 24.6 Å². The topological polar surface area (TPSA) is 178 Å². The van der Waals surface area contributed by atoms with Gasteiger partial charge in [-0.3, -0.25) is 9.59 Å². The number of aliphatic carboxylic acids is 1. The minimum absolute atomic E-state index is 0.0415. The maximum Gasteiger partial charge on any atom is 0.353 e. The Hall–Kier alpha value is -3.89. The van der Waals surface area contributed by atoms with Gasteiger partial charge in [-0.25, -0.2) is 4.79 Å². The fourth-order valence-corrected chi connectivity index (χ4v) is 3.28. The average molecular weight is 440 g/mol. The summed E-state index contributed by atoms with van der Waals surface area (Å²) < 4.78 is 0. The summed E-state index contributed by atoms with van der Waals surface area (Å²) in [5.74, 6) is -3.03. The molecule has 8 N–H and O–H groups in total. The number of aliphatic hydroxyl groups excluding tert-OH is 1. The fraction of sp³-hybridized carbons (Fsp3) is 0.227. The molecule has 0 radical (unpaired) electrons. The number of aromatic hydroxyl groups is 1. The number of carbonyl (C=O) groups excluding carboxylic acids is 2. The highest BCUT2D eigenvalue weighted by Crippen LogP contribution is 2.19. The average Bonchev–Trinajstić information content (AvgIpc) is 3.17. The molecule has 0 aliphatic rings. The van der Waals surface area contributed by atoms with Gasteiger partial charge in [0.1, 0.15) is 11.8 Å². The van der Waals surface area contributed by atoms with E-state index in [-0.39, 0.29) is 18.6 Å². The van der Waals surface area contributed by atoms with Crippen LogP contribution in [0.25, 0.3) is 10.9 Å². The van der Waals surface area contributed by atoms with Crippen molar-refractivity contribution in [2.24, 2.45) is 5.73 Å².